The summed E-state index contributed by atoms with van der Waals surface area (Å²) < 4.78 is 6.15. The number of amides is 3. The van der Waals surface area contributed by atoms with Gasteiger partial charge in [0.1, 0.15) is 17.5 Å². The molecule has 0 aromatic heterocycles. The van der Waals surface area contributed by atoms with E-state index in [0.717, 1.165) is 62.6 Å². The van der Waals surface area contributed by atoms with E-state index in [1.165, 1.54) is 22.3 Å². The molecule has 8 rings (SSSR count). The van der Waals surface area contributed by atoms with Crippen LogP contribution in [0.3, 0.4) is 0 Å². The molecule has 4 atom stereocenters. The molecule has 0 bridgehead atoms. The number of carbonyl (C=O) groups excluding carboxylic acids is 3. The minimum absolute atomic E-state index is 0.155. The van der Waals surface area contributed by atoms with Crippen molar-refractivity contribution in [2.75, 3.05) is 44.2 Å². The predicted molar refractivity (Wildman–Crippen MR) is 210 cm³/mol. The van der Waals surface area contributed by atoms with Gasteiger partial charge in [0.05, 0.1) is 12.2 Å². The molecule has 286 valence electrons. The Labute approximate surface area is 322 Å². The molecule has 2 fully saturated rings. The fourth-order valence-electron chi connectivity index (χ4n) is 8.95. The van der Waals surface area contributed by atoms with Gasteiger partial charge in [-0.25, -0.2) is 0 Å². The third-order valence-electron chi connectivity index (χ3n) is 12.2. The van der Waals surface area contributed by atoms with Gasteiger partial charge in [0.2, 0.25) is 11.8 Å². The van der Waals surface area contributed by atoms with E-state index in [1.54, 1.807) is 11.0 Å². The maximum Gasteiger partial charge on any atom is 0.255 e. The number of piperidine rings is 1. The second kappa shape index (κ2) is 15.5. The van der Waals surface area contributed by atoms with Crippen molar-refractivity contribution in [3.8, 4) is 11.5 Å². The number of aliphatic hydroxyl groups is 1. The van der Waals surface area contributed by atoms with Crippen LogP contribution >= 0.6 is 0 Å². The number of piperazine rings is 1. The van der Waals surface area contributed by atoms with Crippen molar-refractivity contribution in [3.63, 3.8) is 0 Å². The quantitative estimate of drug-likeness (QED) is 0.166. The highest BCUT2D eigenvalue weighted by Gasteiger charge is 2.39. The first-order valence-electron chi connectivity index (χ1n) is 19.7. The van der Waals surface area contributed by atoms with Gasteiger partial charge >= 0.3 is 0 Å². The summed E-state index contributed by atoms with van der Waals surface area (Å²) in [5.41, 5.74) is 6.77. The zero-order valence-corrected chi connectivity index (χ0v) is 31.5. The van der Waals surface area contributed by atoms with Crippen LogP contribution in [0.25, 0.3) is 0 Å². The van der Waals surface area contributed by atoms with E-state index in [4.69, 9.17) is 4.74 Å². The number of aryl methyl sites for hydroxylation is 1. The molecule has 55 heavy (non-hydrogen) atoms. The lowest BCUT2D eigenvalue weighted by Crippen LogP contribution is -2.52. The third kappa shape index (κ3) is 7.97. The summed E-state index contributed by atoms with van der Waals surface area (Å²) >= 11 is 0. The number of phenols is 1. The third-order valence-corrected chi connectivity index (χ3v) is 12.2. The highest BCUT2D eigenvalue weighted by molar-refractivity contribution is 6.05. The Morgan fingerprint density at radius 2 is 1.60 bits per heavy atom. The van der Waals surface area contributed by atoms with E-state index in [9.17, 15) is 24.6 Å². The molecule has 10 heteroatoms. The van der Waals surface area contributed by atoms with E-state index in [2.05, 4.69) is 69.7 Å². The SMILES string of the molecule is CC(O)(CCOc1ccc([C@@H]2c3ccc(O)cc3CC[C@@H]2c2ccccc2)cc1)CCN1CCN(c2ccc3c(c2)CN(C2CCC(=O)NC2=O)C3=O)CC1. The zero-order chi connectivity index (χ0) is 38.1. The molecule has 0 saturated carbocycles. The summed E-state index contributed by atoms with van der Waals surface area (Å²) in [5.74, 6) is 0.784. The Kier molecular flexibility index (Phi) is 10.4. The van der Waals surface area contributed by atoms with Crippen molar-refractivity contribution < 1.29 is 29.3 Å². The molecule has 2 saturated heterocycles. The lowest BCUT2D eigenvalue weighted by atomic mass is 9.69. The van der Waals surface area contributed by atoms with Crippen LogP contribution in [0.15, 0.2) is 91.0 Å². The predicted octanol–water partition coefficient (Wildman–Crippen LogP) is 5.75. The molecule has 0 spiro atoms. The molecular formula is C45H50N4O6. The normalized spacial score (nSPS) is 22.5. The van der Waals surface area contributed by atoms with Crippen molar-refractivity contribution in [2.24, 2.45) is 0 Å². The van der Waals surface area contributed by atoms with Crippen LogP contribution in [0, 0.1) is 0 Å². The number of fused-ring (bicyclic) bond motifs is 2. The van der Waals surface area contributed by atoms with Gasteiger partial charge < -0.3 is 24.7 Å². The Hall–Kier alpha value is -5.19. The van der Waals surface area contributed by atoms with Crippen LogP contribution in [0.4, 0.5) is 5.69 Å². The number of anilines is 1. The highest BCUT2D eigenvalue weighted by Crippen LogP contribution is 2.47. The average Bonchev–Trinajstić information content (AvgIpc) is 3.52. The number of nitrogens with zero attached hydrogens (tertiary/aromatic N) is 3. The fraction of sp³-hybridized carbons (Fsp3) is 0.400. The van der Waals surface area contributed by atoms with Crippen molar-refractivity contribution >= 4 is 23.4 Å². The number of benzene rings is 4. The average molecular weight is 743 g/mol. The molecule has 0 radical (unpaired) electrons. The highest BCUT2D eigenvalue weighted by atomic mass is 16.5. The standard InChI is InChI=1S/C45H50N4O6/c1-45(54,19-21-47-22-24-48(25-23-47)34-10-15-39-33(27-34)29-49(44(39)53)40-17-18-41(51)46-43(40)52)20-26-55-36-12-7-31(8-13-36)42-37(30-5-3-2-4-6-30)14-9-32-28-35(50)11-16-38(32)42/h2-8,10-13,15-16,27-28,37,40,42,50,54H,9,14,17-26,29H2,1H3,(H,46,51,52)/t37-,40?,42+,45?/m1/s1. The van der Waals surface area contributed by atoms with E-state index in [1.807, 2.05) is 37.3 Å². The summed E-state index contributed by atoms with van der Waals surface area (Å²) in [6.45, 7) is 6.89. The van der Waals surface area contributed by atoms with E-state index in [-0.39, 0.29) is 24.2 Å². The molecule has 3 N–H and O–H groups in total. The number of carbonyl (C=O) groups is 3. The van der Waals surface area contributed by atoms with Crippen LogP contribution in [-0.2, 0) is 22.6 Å². The maximum atomic E-state index is 13.1. The van der Waals surface area contributed by atoms with Crippen LogP contribution in [0.5, 0.6) is 11.5 Å². The second-order valence-electron chi connectivity index (χ2n) is 15.9. The minimum atomic E-state index is -0.863. The van der Waals surface area contributed by atoms with Crippen molar-refractivity contribution in [2.45, 2.75) is 75.5 Å². The number of hydrogen-bond acceptors (Lipinski definition) is 8. The molecule has 3 amide bonds. The van der Waals surface area contributed by atoms with Gasteiger partial charge in [-0.15, -0.1) is 0 Å². The Morgan fingerprint density at radius 1 is 0.818 bits per heavy atom. The van der Waals surface area contributed by atoms with Crippen molar-refractivity contribution in [1.29, 1.82) is 0 Å². The van der Waals surface area contributed by atoms with Crippen LogP contribution in [-0.4, -0.2) is 88.7 Å². The first-order valence-corrected chi connectivity index (χ1v) is 19.7. The Bertz CT molecular complexity index is 2040. The lowest BCUT2D eigenvalue weighted by molar-refractivity contribution is -0.136. The van der Waals surface area contributed by atoms with Crippen LogP contribution in [0.2, 0.25) is 0 Å². The van der Waals surface area contributed by atoms with E-state index in [0.29, 0.717) is 49.6 Å². The van der Waals surface area contributed by atoms with E-state index < -0.39 is 17.6 Å². The summed E-state index contributed by atoms with van der Waals surface area (Å²) in [4.78, 5) is 43.5. The largest absolute Gasteiger partial charge is 0.508 e. The first-order chi connectivity index (χ1) is 26.6. The van der Waals surface area contributed by atoms with Gasteiger partial charge in [0.15, 0.2) is 0 Å². The number of rotatable bonds is 11. The zero-order valence-electron chi connectivity index (χ0n) is 31.5. The number of imide groups is 1. The van der Waals surface area contributed by atoms with Gasteiger partial charge in [-0.3, -0.25) is 24.6 Å². The summed E-state index contributed by atoms with van der Waals surface area (Å²) in [5, 5.41) is 23.8. The van der Waals surface area contributed by atoms with Gasteiger partial charge in [-0.1, -0.05) is 48.5 Å². The molecule has 3 aliphatic heterocycles. The van der Waals surface area contributed by atoms with Gasteiger partial charge in [-0.2, -0.15) is 0 Å². The maximum absolute atomic E-state index is 13.1. The number of ether oxygens (including phenoxy) is 1. The second-order valence-corrected chi connectivity index (χ2v) is 15.9. The lowest BCUT2D eigenvalue weighted by Gasteiger charge is -2.37. The molecule has 1 aliphatic carbocycles. The number of aromatic hydroxyl groups is 1. The molecule has 10 nitrogen and oxygen atoms in total. The van der Waals surface area contributed by atoms with Crippen LogP contribution < -0.4 is 15.0 Å². The summed E-state index contributed by atoms with van der Waals surface area (Å²) in [6.07, 6.45) is 3.71. The molecule has 3 heterocycles. The van der Waals surface area contributed by atoms with E-state index >= 15 is 0 Å². The molecule has 2 unspecified atom stereocenters. The number of nitrogens with one attached hydrogen (secondary N) is 1. The smallest absolute Gasteiger partial charge is 0.255 e. The minimum Gasteiger partial charge on any atom is -0.508 e. The molecule has 4 aliphatic rings. The Morgan fingerprint density at radius 3 is 2.36 bits per heavy atom. The summed E-state index contributed by atoms with van der Waals surface area (Å²) in [7, 11) is 0. The first kappa shape index (κ1) is 36.8. The molecule has 4 aromatic carbocycles. The summed E-state index contributed by atoms with van der Waals surface area (Å²) in [6, 6.07) is 30.2. The fourth-order valence-corrected chi connectivity index (χ4v) is 8.95. The molecule has 4 aromatic rings. The van der Waals surface area contributed by atoms with Gasteiger partial charge in [0.25, 0.3) is 5.91 Å². The molecular weight excluding hydrogens is 693 g/mol. The Balaban J connectivity index is 0.806. The monoisotopic (exact) mass is 742 g/mol. The van der Waals surface area contributed by atoms with Gasteiger partial charge in [0, 0.05) is 69.3 Å². The van der Waals surface area contributed by atoms with Crippen molar-refractivity contribution in [1.82, 2.24) is 15.1 Å². The van der Waals surface area contributed by atoms with Crippen molar-refractivity contribution in [3.05, 3.63) is 124 Å². The topological polar surface area (TPSA) is 123 Å². The number of phenolic OH excluding ortho intramolecular Hbond substituents is 1. The van der Waals surface area contributed by atoms with Gasteiger partial charge in [-0.05, 0) is 109 Å². The van der Waals surface area contributed by atoms with Crippen LogP contribution in [0.1, 0.15) is 89.0 Å². The number of hydrogen-bond donors (Lipinski definition) is 3.